The summed E-state index contributed by atoms with van der Waals surface area (Å²) < 4.78 is 12.2. The van der Waals surface area contributed by atoms with Gasteiger partial charge in [0.2, 0.25) is 0 Å². The minimum atomic E-state index is -0.0801. The second kappa shape index (κ2) is 5.76. The zero-order chi connectivity index (χ0) is 7.11. The van der Waals surface area contributed by atoms with Gasteiger partial charge in [-0.05, 0) is 26.2 Å². The second-order valence-corrected chi connectivity index (χ2v) is 1.92. The summed E-state index contributed by atoms with van der Waals surface area (Å²) in [5, 5.41) is 8.31. The van der Waals surface area contributed by atoms with Crippen LogP contribution in [-0.4, -0.2) is 11.7 Å². The van der Waals surface area contributed by atoms with Gasteiger partial charge in [0.15, 0.2) is 0 Å². The number of hydrogen-bond donors (Lipinski definition) is 1. The van der Waals surface area contributed by atoms with Crippen LogP contribution < -0.4 is 0 Å². The molecule has 0 aliphatic carbocycles. The number of halogens is 1. The molecule has 0 aromatic carbocycles. The number of unbranched alkanes of at least 4 members (excludes halogenated alkanes) is 1. The molecule has 0 aliphatic heterocycles. The second-order valence-electron chi connectivity index (χ2n) is 1.92. The van der Waals surface area contributed by atoms with Crippen molar-refractivity contribution in [3.8, 4) is 0 Å². The van der Waals surface area contributed by atoms with E-state index in [1.165, 1.54) is 6.08 Å². The largest absolute Gasteiger partial charge is 0.396 e. The van der Waals surface area contributed by atoms with Gasteiger partial charge in [-0.25, -0.2) is 4.39 Å². The van der Waals surface area contributed by atoms with Crippen LogP contribution in [0.2, 0.25) is 0 Å². The van der Waals surface area contributed by atoms with E-state index in [2.05, 4.69) is 0 Å². The van der Waals surface area contributed by atoms with E-state index in [1.807, 2.05) is 0 Å². The first-order valence-corrected chi connectivity index (χ1v) is 3.22. The molecule has 1 N–H and O–H groups in total. The van der Waals surface area contributed by atoms with Crippen molar-refractivity contribution in [2.45, 2.75) is 26.2 Å². The molecule has 0 atom stereocenters. The van der Waals surface area contributed by atoms with Crippen molar-refractivity contribution in [2.75, 3.05) is 6.61 Å². The fourth-order valence-electron chi connectivity index (χ4n) is 0.550. The number of hydrogen-bond acceptors (Lipinski definition) is 1. The first-order valence-electron chi connectivity index (χ1n) is 3.22. The molecule has 1 nitrogen and oxygen atoms in total. The Hall–Kier alpha value is -0.370. The lowest BCUT2D eigenvalue weighted by atomic mass is 10.2. The smallest absolute Gasteiger partial charge is 0.0957 e. The quantitative estimate of drug-likeness (QED) is 0.580. The molecule has 0 heterocycles. The summed E-state index contributed by atoms with van der Waals surface area (Å²) in [5.41, 5.74) is 0. The Bertz CT molecular complexity index is 88.9. The topological polar surface area (TPSA) is 20.2 Å². The Kier molecular flexibility index (Phi) is 5.52. The Labute approximate surface area is 55.2 Å². The molecule has 0 radical (unpaired) electrons. The lowest BCUT2D eigenvalue weighted by Crippen LogP contribution is -1.82. The van der Waals surface area contributed by atoms with Crippen LogP contribution in [0.5, 0.6) is 0 Å². The highest BCUT2D eigenvalue weighted by atomic mass is 19.1. The van der Waals surface area contributed by atoms with Crippen LogP contribution in [0.1, 0.15) is 26.2 Å². The molecule has 0 aromatic heterocycles. The number of aliphatic hydroxyl groups is 1. The average Bonchev–Trinajstić information content (AvgIpc) is 1.89. The van der Waals surface area contributed by atoms with Crippen molar-refractivity contribution >= 4 is 0 Å². The summed E-state index contributed by atoms with van der Waals surface area (Å²) in [6.07, 6.45) is 3.36. The summed E-state index contributed by atoms with van der Waals surface area (Å²) >= 11 is 0. The van der Waals surface area contributed by atoms with Crippen LogP contribution in [-0.2, 0) is 0 Å². The van der Waals surface area contributed by atoms with Crippen molar-refractivity contribution in [2.24, 2.45) is 0 Å². The summed E-state index contributed by atoms with van der Waals surface area (Å²) in [4.78, 5) is 0. The van der Waals surface area contributed by atoms with E-state index >= 15 is 0 Å². The average molecular weight is 132 g/mol. The van der Waals surface area contributed by atoms with Gasteiger partial charge in [-0.1, -0.05) is 6.08 Å². The van der Waals surface area contributed by atoms with Crippen molar-refractivity contribution in [1.29, 1.82) is 0 Å². The zero-order valence-electron chi connectivity index (χ0n) is 5.73. The van der Waals surface area contributed by atoms with E-state index < -0.39 is 0 Å². The molecule has 0 saturated heterocycles. The highest BCUT2D eigenvalue weighted by molar-refractivity contribution is 4.87. The lowest BCUT2D eigenvalue weighted by molar-refractivity contribution is 0.283. The standard InChI is InChI=1S/C7H13FO/c1-2-7(8)5-3-4-6-9/h2,9H,3-6H2,1H3. The Balaban J connectivity index is 3.07. The van der Waals surface area contributed by atoms with Crippen molar-refractivity contribution < 1.29 is 9.50 Å². The van der Waals surface area contributed by atoms with Crippen LogP contribution in [0.3, 0.4) is 0 Å². The van der Waals surface area contributed by atoms with E-state index in [-0.39, 0.29) is 12.4 Å². The molecule has 0 amide bonds. The third-order valence-corrected chi connectivity index (χ3v) is 1.14. The maximum absolute atomic E-state index is 12.2. The van der Waals surface area contributed by atoms with E-state index in [4.69, 9.17) is 5.11 Å². The fraction of sp³-hybridized carbons (Fsp3) is 0.714. The molecule has 0 unspecified atom stereocenters. The molecule has 9 heavy (non-hydrogen) atoms. The zero-order valence-corrected chi connectivity index (χ0v) is 5.73. The van der Waals surface area contributed by atoms with Gasteiger partial charge in [-0.2, -0.15) is 0 Å². The van der Waals surface area contributed by atoms with Crippen molar-refractivity contribution in [3.63, 3.8) is 0 Å². The molecule has 0 spiro atoms. The SMILES string of the molecule is CC=C(F)CCCCO. The number of aliphatic hydroxyl groups excluding tert-OH is 1. The predicted molar refractivity (Wildman–Crippen MR) is 35.8 cm³/mol. The van der Waals surface area contributed by atoms with Crippen LogP contribution in [0.15, 0.2) is 11.9 Å². The molecule has 0 rings (SSSR count). The van der Waals surface area contributed by atoms with Crippen molar-refractivity contribution in [1.82, 2.24) is 0 Å². The van der Waals surface area contributed by atoms with E-state index in [0.29, 0.717) is 12.8 Å². The van der Waals surface area contributed by atoms with E-state index in [0.717, 1.165) is 6.42 Å². The minimum Gasteiger partial charge on any atom is -0.396 e. The summed E-state index contributed by atoms with van der Waals surface area (Å²) in [6.45, 7) is 1.84. The maximum atomic E-state index is 12.2. The summed E-state index contributed by atoms with van der Waals surface area (Å²) in [6, 6.07) is 0. The molecule has 0 aliphatic rings. The summed E-state index contributed by atoms with van der Waals surface area (Å²) in [5.74, 6) is -0.0801. The highest BCUT2D eigenvalue weighted by Crippen LogP contribution is 2.06. The fourth-order valence-corrected chi connectivity index (χ4v) is 0.550. The molecule has 0 fully saturated rings. The molecule has 0 bridgehead atoms. The summed E-state index contributed by atoms with van der Waals surface area (Å²) in [7, 11) is 0. The maximum Gasteiger partial charge on any atom is 0.0957 e. The number of allylic oxidation sites excluding steroid dienone is 2. The van der Waals surface area contributed by atoms with Crippen LogP contribution >= 0.6 is 0 Å². The first-order chi connectivity index (χ1) is 4.31. The Morgan fingerprint density at radius 2 is 2.22 bits per heavy atom. The monoisotopic (exact) mass is 132 g/mol. The molecular weight excluding hydrogens is 119 g/mol. The molecule has 0 aromatic rings. The van der Waals surface area contributed by atoms with Gasteiger partial charge < -0.3 is 5.11 Å². The van der Waals surface area contributed by atoms with Gasteiger partial charge in [0.1, 0.15) is 0 Å². The Morgan fingerprint density at radius 1 is 1.56 bits per heavy atom. The first kappa shape index (κ1) is 8.63. The Morgan fingerprint density at radius 3 is 2.67 bits per heavy atom. The minimum absolute atomic E-state index is 0.0801. The van der Waals surface area contributed by atoms with Gasteiger partial charge in [0, 0.05) is 6.61 Å². The van der Waals surface area contributed by atoms with Crippen LogP contribution in [0, 0.1) is 0 Å². The van der Waals surface area contributed by atoms with E-state index in [9.17, 15) is 4.39 Å². The van der Waals surface area contributed by atoms with Gasteiger partial charge in [-0.15, -0.1) is 0 Å². The van der Waals surface area contributed by atoms with Crippen LogP contribution in [0.4, 0.5) is 4.39 Å². The van der Waals surface area contributed by atoms with Crippen molar-refractivity contribution in [3.05, 3.63) is 11.9 Å². The van der Waals surface area contributed by atoms with Gasteiger partial charge in [-0.3, -0.25) is 0 Å². The normalized spacial score (nSPS) is 12.1. The van der Waals surface area contributed by atoms with Gasteiger partial charge in [0.05, 0.1) is 5.83 Å². The third kappa shape index (κ3) is 5.50. The molecule has 0 saturated carbocycles. The molecular formula is C7H13FO. The molecule has 2 heteroatoms. The van der Waals surface area contributed by atoms with Gasteiger partial charge in [0.25, 0.3) is 0 Å². The number of rotatable bonds is 4. The van der Waals surface area contributed by atoms with E-state index in [1.54, 1.807) is 6.92 Å². The predicted octanol–water partition coefficient (Wildman–Crippen LogP) is 2.02. The highest BCUT2D eigenvalue weighted by Gasteiger charge is 1.90. The van der Waals surface area contributed by atoms with Gasteiger partial charge >= 0.3 is 0 Å². The third-order valence-electron chi connectivity index (χ3n) is 1.14. The molecule has 54 valence electrons. The van der Waals surface area contributed by atoms with Crippen LogP contribution in [0.25, 0.3) is 0 Å². The lowest BCUT2D eigenvalue weighted by Gasteiger charge is -1.93.